The zero-order valence-electron chi connectivity index (χ0n) is 26.3. The molecule has 1 aliphatic heterocycles. The molecule has 1 aromatic rings. The fourth-order valence-corrected chi connectivity index (χ4v) is 7.14. The van der Waals surface area contributed by atoms with Gasteiger partial charge in [0.1, 0.15) is 5.78 Å². The van der Waals surface area contributed by atoms with Crippen molar-refractivity contribution < 1.29 is 29.2 Å². The molecule has 0 bridgehead atoms. The van der Waals surface area contributed by atoms with Gasteiger partial charge in [0.25, 0.3) is 0 Å². The molecule has 0 aliphatic carbocycles. The Hall–Kier alpha value is -1.26. The summed E-state index contributed by atoms with van der Waals surface area (Å²) in [6.07, 6.45) is 9.15. The minimum Gasteiger partial charge on any atom is -0.466 e. The number of nitrogens with two attached hydrogens (primary N) is 1. The molecule has 2 rings (SSSR count). The van der Waals surface area contributed by atoms with Crippen molar-refractivity contribution in [2.45, 2.75) is 99.1 Å². The topological polar surface area (TPSA) is 155 Å². The number of rotatable bonds is 6. The Kier molecular flexibility index (Phi) is 15.8. The van der Waals surface area contributed by atoms with Crippen molar-refractivity contribution in [1.29, 1.82) is 0 Å². The van der Waals surface area contributed by atoms with Crippen LogP contribution in [0.2, 0.25) is 0 Å². The number of hydrogen-bond donors (Lipinski definition) is 5. The van der Waals surface area contributed by atoms with E-state index in [4.69, 9.17) is 10.5 Å². The average molecular weight is 618 g/mol. The molecule has 1 aromatic heterocycles. The van der Waals surface area contributed by atoms with Crippen LogP contribution in [0.3, 0.4) is 0 Å². The summed E-state index contributed by atoms with van der Waals surface area (Å²) < 4.78 is 5.22. The van der Waals surface area contributed by atoms with Gasteiger partial charge in [0, 0.05) is 5.92 Å². The second-order valence-corrected chi connectivity index (χ2v) is 17.7. The number of carbonyl (C=O) groups is 2. The van der Waals surface area contributed by atoms with Crippen LogP contribution in [-0.4, -0.2) is 63.7 Å². The van der Waals surface area contributed by atoms with Gasteiger partial charge < -0.3 is 9.84 Å². The third-order valence-electron chi connectivity index (χ3n) is 7.74. The van der Waals surface area contributed by atoms with E-state index in [1.165, 1.54) is 30.8 Å². The fraction of sp³-hybridized carbons (Fsp3) is 0.767. The maximum Gasteiger partial charge on any atom is 0.308 e. The molecule has 1 fully saturated rings. The molecule has 0 aromatic carbocycles. The zero-order valence-corrected chi connectivity index (χ0v) is 28.0. The minimum absolute atomic E-state index is 0.0371. The van der Waals surface area contributed by atoms with Gasteiger partial charge in [-0.05, 0) is 31.1 Å². The van der Waals surface area contributed by atoms with Crippen molar-refractivity contribution in [3.8, 4) is 0 Å². The number of allylic oxidation sites excluding steroid dienone is 1. The van der Waals surface area contributed by atoms with E-state index in [-0.39, 0.29) is 30.8 Å². The van der Waals surface area contributed by atoms with Gasteiger partial charge in [-0.25, -0.2) is 0 Å². The first kappa shape index (κ1) is 37.8. The summed E-state index contributed by atoms with van der Waals surface area (Å²) in [7, 11) is -3.79. The Labute approximate surface area is 251 Å². The maximum absolute atomic E-state index is 12.8. The van der Waals surface area contributed by atoms with Gasteiger partial charge >= 0.3 is 111 Å². The van der Waals surface area contributed by atoms with Crippen molar-refractivity contribution in [2.75, 3.05) is 26.0 Å². The van der Waals surface area contributed by atoms with E-state index in [9.17, 15) is 24.5 Å². The zero-order chi connectivity index (χ0) is 31.3. The number of esters is 1. The molecule has 41 heavy (non-hydrogen) atoms. The molecule has 4 atom stereocenters. The van der Waals surface area contributed by atoms with Gasteiger partial charge in [0.05, 0.1) is 24.5 Å². The summed E-state index contributed by atoms with van der Waals surface area (Å²) in [4.78, 5) is 49.0. The van der Waals surface area contributed by atoms with Gasteiger partial charge in [0.2, 0.25) is 0 Å². The smallest absolute Gasteiger partial charge is 0.308 e. The van der Waals surface area contributed by atoms with Crippen LogP contribution < -0.4 is 10.8 Å². The van der Waals surface area contributed by atoms with Crippen LogP contribution in [0, 0.1) is 23.2 Å². The van der Waals surface area contributed by atoms with E-state index in [2.05, 4.69) is 23.9 Å². The normalized spacial score (nSPS) is 26.5. The Morgan fingerprint density at radius 2 is 1.80 bits per heavy atom. The predicted octanol–water partition coefficient (Wildman–Crippen LogP) is 5.28. The van der Waals surface area contributed by atoms with Crippen LogP contribution in [-0.2, 0) is 20.9 Å². The fourth-order valence-electron chi connectivity index (χ4n) is 4.99. The van der Waals surface area contributed by atoms with Crippen molar-refractivity contribution in [3.05, 3.63) is 22.2 Å². The summed E-state index contributed by atoms with van der Waals surface area (Å²) in [5.74, 6) is 0.652. The molecule has 0 radical (unpaired) electrons. The number of nitrogens with zero attached hydrogens (tertiary/aromatic N) is 1. The molecular formula is C30H56N3O6PS. The number of cyclic esters (lactones) is 1. The molecule has 9 nitrogen and oxygen atoms in total. The quantitative estimate of drug-likeness (QED) is 0.212. The van der Waals surface area contributed by atoms with Crippen LogP contribution in [0.25, 0.3) is 6.08 Å². The number of Topliss-reactive ketones (excluding diaryl/α,β-unsaturated/α-hetero) is 1. The number of aliphatic hydroxyl groups is 1. The molecule has 2 heterocycles. The van der Waals surface area contributed by atoms with Crippen LogP contribution in [0.5, 0.6) is 0 Å². The Morgan fingerprint density at radius 3 is 2.44 bits per heavy atom. The second kappa shape index (κ2) is 17.1. The number of hydrogen-bond acceptors (Lipinski definition) is 10. The molecule has 6 N–H and O–H groups in total. The van der Waals surface area contributed by atoms with Gasteiger partial charge in [0.15, 0.2) is 0 Å². The average Bonchev–Trinajstić information content (AvgIpc) is 3.32. The summed E-state index contributed by atoms with van der Waals surface area (Å²) >= 11 is 1.49. The number of ketones is 1. The third-order valence-corrected chi connectivity index (χ3v) is 10.9. The van der Waals surface area contributed by atoms with Gasteiger partial charge in [-0.2, -0.15) is 0 Å². The van der Waals surface area contributed by atoms with Crippen LogP contribution >= 0.6 is 18.5 Å². The molecule has 1 aliphatic rings. The van der Waals surface area contributed by atoms with Crippen LogP contribution in [0.1, 0.15) is 97.2 Å². The van der Waals surface area contributed by atoms with Crippen molar-refractivity contribution in [1.82, 2.24) is 10.1 Å². The molecule has 238 valence electrons. The molecule has 0 spiro atoms. The molecule has 4 unspecified atom stereocenters. The van der Waals surface area contributed by atoms with E-state index in [0.29, 0.717) is 25.0 Å². The number of nitrogens with one attached hydrogen (secondary N) is 1. The molecule has 0 saturated carbocycles. The minimum atomic E-state index is -3.79. The van der Waals surface area contributed by atoms with E-state index < -0.39 is 24.7 Å². The van der Waals surface area contributed by atoms with Crippen LogP contribution in [0.15, 0.2) is 11.5 Å². The molecule has 11 heteroatoms. The van der Waals surface area contributed by atoms with Crippen molar-refractivity contribution >= 4 is 36.4 Å². The number of ether oxygens (including phenoxy) is 1. The molecular weight excluding hydrogens is 561 g/mol. The van der Waals surface area contributed by atoms with Crippen LogP contribution in [0.4, 0.5) is 0 Å². The predicted molar refractivity (Wildman–Crippen MR) is 170 cm³/mol. The summed E-state index contributed by atoms with van der Waals surface area (Å²) in [5, 5.41) is 15.9. The van der Waals surface area contributed by atoms with E-state index in [1.807, 2.05) is 31.4 Å². The standard InChI is InChI=1S/C20H36O4.C10H20N3O2PS/c1-14-8-6-9-15(2)12-16(3)19(23)20(4,5)17(21)13-18(22)24-11-7-10-14;1-3-4-9-8-17-10(13-9)7-12-16(2,14,15)6-5-11/h14-17,21H,6-13H2,1-5H3;3-4,8,12,14-15H,5-7,11H2,1-2H3/b;4-3-. The summed E-state index contributed by atoms with van der Waals surface area (Å²) in [5.41, 5.74) is 5.33. The van der Waals surface area contributed by atoms with Crippen molar-refractivity contribution in [2.24, 2.45) is 28.9 Å². The first-order chi connectivity index (χ1) is 19.0. The van der Waals surface area contributed by atoms with Gasteiger partial charge in [-0.3, -0.25) is 9.59 Å². The van der Waals surface area contributed by atoms with E-state index in [1.54, 1.807) is 13.8 Å². The molecule has 0 amide bonds. The first-order valence-corrected chi connectivity index (χ1v) is 18.6. The van der Waals surface area contributed by atoms with Crippen molar-refractivity contribution in [3.63, 3.8) is 0 Å². The van der Waals surface area contributed by atoms with Gasteiger partial charge in [-0.1, -0.05) is 53.9 Å². The van der Waals surface area contributed by atoms with E-state index in [0.717, 1.165) is 36.4 Å². The van der Waals surface area contributed by atoms with Gasteiger partial charge in [-0.15, -0.1) is 0 Å². The SMILES string of the molecule is C/C=C\c1csc(CNP(C)(O)(O)CCN)n1.CC1CCCOC(=O)CC(O)C(C)(C)C(=O)C(C)CC(C)CCC1. The monoisotopic (exact) mass is 617 g/mol. The number of aromatic nitrogens is 1. The van der Waals surface area contributed by atoms with E-state index >= 15 is 0 Å². The molecule has 1 saturated heterocycles. The maximum atomic E-state index is 12.8. The Morgan fingerprint density at radius 1 is 1.17 bits per heavy atom. The Balaban J connectivity index is 0.000000435. The number of aliphatic hydroxyl groups excluding tert-OH is 1. The first-order valence-electron chi connectivity index (χ1n) is 14.9. The largest absolute Gasteiger partial charge is 0.466 e. The second-order valence-electron chi connectivity index (χ2n) is 12.6. The summed E-state index contributed by atoms with van der Waals surface area (Å²) in [6, 6.07) is 0. The Bertz CT molecular complexity index is 975. The third kappa shape index (κ3) is 14.7. The summed E-state index contributed by atoms with van der Waals surface area (Å²) in [6.45, 7) is 14.2. The number of carbonyl (C=O) groups excluding carboxylic acids is 2. The number of thiazole rings is 1.